The first-order valence-corrected chi connectivity index (χ1v) is 12.5. The first kappa shape index (κ1) is 21.8. The van der Waals surface area contributed by atoms with Crippen LogP contribution in [0.2, 0.25) is 0 Å². The van der Waals surface area contributed by atoms with Crippen molar-refractivity contribution in [2.24, 2.45) is 0 Å². The van der Waals surface area contributed by atoms with E-state index in [4.69, 9.17) is 14.5 Å². The average Bonchev–Trinajstić information content (AvgIpc) is 3.48. The molecule has 1 aromatic carbocycles. The van der Waals surface area contributed by atoms with Gasteiger partial charge in [0.15, 0.2) is 11.5 Å². The van der Waals surface area contributed by atoms with Crippen LogP contribution in [0.1, 0.15) is 49.8 Å². The van der Waals surface area contributed by atoms with Crippen LogP contribution in [-0.2, 0) is 12.8 Å². The molecular weight excluding hydrogens is 400 g/mol. The van der Waals surface area contributed by atoms with Crippen molar-refractivity contribution >= 4 is 16.6 Å². The van der Waals surface area contributed by atoms with E-state index >= 15 is 0 Å². The van der Waals surface area contributed by atoms with Crippen LogP contribution in [0.5, 0.6) is 11.5 Å². The summed E-state index contributed by atoms with van der Waals surface area (Å²) in [4.78, 5) is 10.0. The summed E-state index contributed by atoms with van der Waals surface area (Å²) in [5, 5.41) is 5.09. The van der Waals surface area contributed by atoms with Gasteiger partial charge in [-0.2, -0.15) is 0 Å². The van der Waals surface area contributed by atoms with Crippen molar-refractivity contribution in [2.75, 3.05) is 58.8 Å². The second-order valence-corrected chi connectivity index (χ2v) is 9.78. The molecule has 2 fully saturated rings. The van der Waals surface area contributed by atoms with E-state index in [-0.39, 0.29) is 0 Å². The molecule has 0 spiro atoms. The highest BCUT2D eigenvalue weighted by atomic mass is 16.5. The highest BCUT2D eigenvalue weighted by Gasteiger charge is 2.25. The topological polar surface area (TPSA) is 49.9 Å². The standard InChI is InChI=1S/C26H38N4O2/c1-29-11-6-8-19(18-29)27-26-20-9-5-10-22(20)28-23-17-25(24(31-2)16-21(23)26)32-15-7-14-30-12-3-4-13-30/h16-17,19H,3-15,18H2,1-2H3,(H,27,28)/t19-/m1/s1. The number of nitrogens with zero attached hydrogens (tertiary/aromatic N) is 3. The van der Waals surface area contributed by atoms with Crippen LogP contribution in [-0.4, -0.2) is 74.3 Å². The molecule has 6 nitrogen and oxygen atoms in total. The maximum absolute atomic E-state index is 6.20. The Labute approximate surface area is 192 Å². The molecule has 6 heteroatoms. The van der Waals surface area contributed by atoms with Gasteiger partial charge >= 0.3 is 0 Å². The summed E-state index contributed by atoms with van der Waals surface area (Å²) in [6.45, 7) is 6.59. The van der Waals surface area contributed by atoms with Gasteiger partial charge in [0.05, 0.1) is 19.2 Å². The lowest BCUT2D eigenvalue weighted by atomic mass is 10.0. The number of aryl methyl sites for hydroxylation is 1. The van der Waals surface area contributed by atoms with Gasteiger partial charge in [0, 0.05) is 42.0 Å². The van der Waals surface area contributed by atoms with Gasteiger partial charge in [-0.3, -0.25) is 4.98 Å². The average molecular weight is 439 g/mol. The van der Waals surface area contributed by atoms with Crippen molar-refractivity contribution in [2.45, 2.75) is 57.4 Å². The first-order valence-electron chi connectivity index (χ1n) is 12.5. The smallest absolute Gasteiger partial charge is 0.163 e. The Morgan fingerprint density at radius 3 is 2.75 bits per heavy atom. The Morgan fingerprint density at radius 1 is 1.06 bits per heavy atom. The van der Waals surface area contributed by atoms with Crippen molar-refractivity contribution in [3.8, 4) is 11.5 Å². The number of ether oxygens (including phenoxy) is 2. The fourth-order valence-corrected chi connectivity index (χ4v) is 5.67. The van der Waals surface area contributed by atoms with Crippen LogP contribution >= 0.6 is 0 Å². The number of fused-ring (bicyclic) bond motifs is 2. The Kier molecular flexibility index (Phi) is 6.69. The Bertz CT molecular complexity index is 941. The summed E-state index contributed by atoms with van der Waals surface area (Å²) < 4.78 is 12.0. The maximum atomic E-state index is 6.20. The number of rotatable bonds is 8. The molecule has 0 radical (unpaired) electrons. The van der Waals surface area contributed by atoms with Gasteiger partial charge in [0.25, 0.3) is 0 Å². The second-order valence-electron chi connectivity index (χ2n) is 9.78. The molecule has 1 atom stereocenters. The van der Waals surface area contributed by atoms with Crippen LogP contribution in [0.3, 0.4) is 0 Å². The summed E-state index contributed by atoms with van der Waals surface area (Å²) in [6, 6.07) is 4.73. The fraction of sp³-hybridized carbons (Fsp3) is 0.654. The number of aromatic nitrogens is 1. The van der Waals surface area contributed by atoms with Gasteiger partial charge in [0.1, 0.15) is 0 Å². The van der Waals surface area contributed by atoms with Crippen LogP contribution < -0.4 is 14.8 Å². The third kappa shape index (κ3) is 4.67. The zero-order valence-electron chi connectivity index (χ0n) is 19.8. The largest absolute Gasteiger partial charge is 0.493 e. The predicted molar refractivity (Wildman–Crippen MR) is 130 cm³/mol. The Balaban J connectivity index is 1.39. The number of hydrogen-bond acceptors (Lipinski definition) is 6. The van der Waals surface area contributed by atoms with E-state index in [9.17, 15) is 0 Å². The van der Waals surface area contributed by atoms with E-state index in [2.05, 4.69) is 34.3 Å². The number of nitrogens with one attached hydrogen (secondary N) is 1. The van der Waals surface area contributed by atoms with Crippen LogP contribution in [0, 0.1) is 0 Å². The van der Waals surface area contributed by atoms with Gasteiger partial charge < -0.3 is 24.6 Å². The quantitative estimate of drug-likeness (QED) is 0.626. The monoisotopic (exact) mass is 438 g/mol. The van der Waals surface area contributed by atoms with Crippen molar-refractivity contribution in [1.29, 1.82) is 0 Å². The highest BCUT2D eigenvalue weighted by molar-refractivity contribution is 5.96. The molecule has 0 bridgehead atoms. The number of benzene rings is 1. The number of hydrogen-bond donors (Lipinski definition) is 1. The summed E-state index contributed by atoms with van der Waals surface area (Å²) >= 11 is 0. The predicted octanol–water partition coefficient (Wildman–Crippen LogP) is 4.10. The molecule has 0 saturated carbocycles. The number of methoxy groups -OCH3 is 1. The van der Waals surface area contributed by atoms with Crippen LogP contribution in [0.25, 0.3) is 10.9 Å². The minimum Gasteiger partial charge on any atom is -0.493 e. The molecule has 1 aromatic heterocycles. The van der Waals surface area contributed by atoms with Crippen molar-refractivity contribution in [3.05, 3.63) is 23.4 Å². The molecule has 1 aliphatic carbocycles. The van der Waals surface area contributed by atoms with E-state index in [0.29, 0.717) is 12.6 Å². The normalized spacial score (nSPS) is 21.8. The van der Waals surface area contributed by atoms with E-state index in [1.165, 1.54) is 74.1 Å². The lowest BCUT2D eigenvalue weighted by molar-refractivity contribution is 0.254. The summed E-state index contributed by atoms with van der Waals surface area (Å²) in [7, 11) is 3.96. The second kappa shape index (κ2) is 9.84. The molecule has 5 rings (SSSR count). The SMILES string of the molecule is COc1cc2c(N[C@@H]3CCCN(C)C3)c3c(nc2cc1OCCCN1CCCC1)CCC3. The lowest BCUT2D eigenvalue weighted by Crippen LogP contribution is -2.40. The Hall–Kier alpha value is -2.05. The van der Waals surface area contributed by atoms with Crippen molar-refractivity contribution in [3.63, 3.8) is 0 Å². The van der Waals surface area contributed by atoms with Gasteiger partial charge in [-0.15, -0.1) is 0 Å². The van der Waals surface area contributed by atoms with E-state index in [1.807, 2.05) is 0 Å². The summed E-state index contributed by atoms with van der Waals surface area (Å²) in [5.74, 6) is 1.62. The molecular formula is C26H38N4O2. The highest BCUT2D eigenvalue weighted by Crippen LogP contribution is 2.40. The summed E-state index contributed by atoms with van der Waals surface area (Å²) in [6.07, 6.45) is 9.56. The molecule has 2 saturated heterocycles. The van der Waals surface area contributed by atoms with Gasteiger partial charge in [0.2, 0.25) is 0 Å². The number of likely N-dealkylation sites (tertiary alicyclic amines) is 2. The minimum atomic E-state index is 0.483. The molecule has 0 unspecified atom stereocenters. The third-order valence-electron chi connectivity index (χ3n) is 7.35. The molecule has 3 aliphatic rings. The molecule has 0 amide bonds. The number of likely N-dealkylation sites (N-methyl/N-ethyl adjacent to an activating group) is 1. The lowest BCUT2D eigenvalue weighted by Gasteiger charge is -2.32. The number of anilines is 1. The molecule has 32 heavy (non-hydrogen) atoms. The van der Waals surface area contributed by atoms with Crippen LogP contribution in [0.15, 0.2) is 12.1 Å². The van der Waals surface area contributed by atoms with E-state index in [1.54, 1.807) is 7.11 Å². The zero-order chi connectivity index (χ0) is 21.9. The molecule has 3 heterocycles. The Morgan fingerprint density at radius 2 is 1.94 bits per heavy atom. The number of pyridine rings is 1. The molecule has 2 aromatic rings. The van der Waals surface area contributed by atoms with Crippen molar-refractivity contribution in [1.82, 2.24) is 14.8 Å². The number of piperidine rings is 1. The van der Waals surface area contributed by atoms with Crippen molar-refractivity contribution < 1.29 is 9.47 Å². The van der Waals surface area contributed by atoms with Crippen LogP contribution in [0.4, 0.5) is 5.69 Å². The molecule has 1 N–H and O–H groups in total. The fourth-order valence-electron chi connectivity index (χ4n) is 5.67. The van der Waals surface area contributed by atoms with Gasteiger partial charge in [-0.1, -0.05) is 0 Å². The summed E-state index contributed by atoms with van der Waals surface area (Å²) in [5.41, 5.74) is 4.97. The van der Waals surface area contributed by atoms with Gasteiger partial charge in [-0.05, 0) is 89.7 Å². The minimum absolute atomic E-state index is 0.483. The van der Waals surface area contributed by atoms with E-state index < -0.39 is 0 Å². The molecule has 174 valence electrons. The van der Waals surface area contributed by atoms with Gasteiger partial charge in [-0.25, -0.2) is 0 Å². The van der Waals surface area contributed by atoms with E-state index in [0.717, 1.165) is 49.4 Å². The third-order valence-corrected chi connectivity index (χ3v) is 7.35. The zero-order valence-corrected chi connectivity index (χ0v) is 19.8. The first-order chi connectivity index (χ1) is 15.7. The maximum Gasteiger partial charge on any atom is 0.163 e. The molecule has 2 aliphatic heterocycles.